The van der Waals surface area contributed by atoms with Gasteiger partial charge in [-0.15, -0.1) is 0 Å². The summed E-state index contributed by atoms with van der Waals surface area (Å²) in [5.74, 6) is 0.0347. The van der Waals surface area contributed by atoms with Crippen LogP contribution in [0.3, 0.4) is 0 Å². The van der Waals surface area contributed by atoms with E-state index in [0.29, 0.717) is 53.8 Å². The Morgan fingerprint density at radius 1 is 1.03 bits per heavy atom. The van der Waals surface area contributed by atoms with Gasteiger partial charge in [-0.05, 0) is 54.1 Å². The first-order valence-electron chi connectivity index (χ1n) is 11.6. The molecule has 3 aromatic rings. The summed E-state index contributed by atoms with van der Waals surface area (Å²) < 4.78 is 5.32. The van der Waals surface area contributed by atoms with Crippen LogP contribution in [-0.4, -0.2) is 54.9 Å². The number of halogens is 1. The third-order valence-corrected chi connectivity index (χ3v) is 6.20. The van der Waals surface area contributed by atoms with E-state index in [1.807, 2.05) is 24.3 Å². The standard InChI is InChI=1S/C27H25ClN4O5/c1-37-25-11-6-20(28)18-24(25)27(34)31-15-13-30(14-16-31)22-9-7-21(8-10-22)29-26(33)12-5-19-3-2-4-23(17-19)32(35)36/h2-12,17-18H,13-16H2,1H3,(H,29,33)/b12-5+. The van der Waals surface area contributed by atoms with Crippen LogP contribution in [0, 0.1) is 10.1 Å². The molecule has 0 saturated carbocycles. The summed E-state index contributed by atoms with van der Waals surface area (Å²) in [5, 5.41) is 14.1. The van der Waals surface area contributed by atoms with Crippen LogP contribution in [0.4, 0.5) is 17.1 Å². The molecule has 0 aliphatic carbocycles. The zero-order valence-electron chi connectivity index (χ0n) is 20.1. The molecule has 0 radical (unpaired) electrons. The number of benzene rings is 3. The van der Waals surface area contributed by atoms with Crippen LogP contribution < -0.4 is 15.0 Å². The van der Waals surface area contributed by atoms with Gasteiger partial charge in [0, 0.05) is 60.8 Å². The van der Waals surface area contributed by atoms with E-state index in [4.69, 9.17) is 16.3 Å². The van der Waals surface area contributed by atoms with Gasteiger partial charge in [0.1, 0.15) is 5.75 Å². The lowest BCUT2D eigenvalue weighted by Crippen LogP contribution is -2.48. The molecule has 1 N–H and O–H groups in total. The monoisotopic (exact) mass is 520 g/mol. The van der Waals surface area contributed by atoms with Crippen molar-refractivity contribution in [1.29, 1.82) is 0 Å². The quantitative estimate of drug-likeness (QED) is 0.271. The molecular weight excluding hydrogens is 496 g/mol. The van der Waals surface area contributed by atoms with Gasteiger partial charge in [0.25, 0.3) is 11.6 Å². The van der Waals surface area contributed by atoms with Gasteiger partial charge in [0.05, 0.1) is 17.6 Å². The molecule has 4 rings (SSSR count). The number of rotatable bonds is 7. The van der Waals surface area contributed by atoms with Crippen LogP contribution in [-0.2, 0) is 4.79 Å². The molecule has 10 heteroatoms. The molecular formula is C27H25ClN4O5. The average molecular weight is 521 g/mol. The van der Waals surface area contributed by atoms with Crippen molar-refractivity contribution >= 4 is 46.6 Å². The number of hydrogen-bond donors (Lipinski definition) is 1. The second kappa shape index (κ2) is 11.6. The van der Waals surface area contributed by atoms with Crippen molar-refractivity contribution in [2.24, 2.45) is 0 Å². The van der Waals surface area contributed by atoms with E-state index in [-0.39, 0.29) is 17.5 Å². The maximum atomic E-state index is 13.0. The van der Waals surface area contributed by atoms with Crippen LogP contribution in [0.15, 0.2) is 72.8 Å². The predicted molar refractivity (Wildman–Crippen MR) is 143 cm³/mol. The summed E-state index contributed by atoms with van der Waals surface area (Å²) in [5.41, 5.74) is 2.58. The number of amides is 2. The van der Waals surface area contributed by atoms with Gasteiger partial charge >= 0.3 is 0 Å². The van der Waals surface area contributed by atoms with Crippen LogP contribution in [0.25, 0.3) is 6.08 Å². The number of nitrogens with zero attached hydrogens (tertiary/aromatic N) is 3. The normalized spacial score (nSPS) is 13.5. The minimum Gasteiger partial charge on any atom is -0.496 e. The fourth-order valence-corrected chi connectivity index (χ4v) is 4.21. The van der Waals surface area contributed by atoms with Crippen molar-refractivity contribution in [2.75, 3.05) is 43.5 Å². The number of nitrogens with one attached hydrogen (secondary N) is 1. The molecule has 0 spiro atoms. The van der Waals surface area contributed by atoms with E-state index < -0.39 is 4.92 Å². The summed E-state index contributed by atoms with van der Waals surface area (Å²) in [6.07, 6.45) is 2.86. The average Bonchev–Trinajstić information content (AvgIpc) is 2.92. The summed E-state index contributed by atoms with van der Waals surface area (Å²) >= 11 is 6.08. The number of methoxy groups -OCH3 is 1. The Morgan fingerprint density at radius 3 is 2.43 bits per heavy atom. The number of non-ortho nitro benzene ring substituents is 1. The molecule has 2 amide bonds. The molecule has 37 heavy (non-hydrogen) atoms. The van der Waals surface area contributed by atoms with Gasteiger partial charge in [0.15, 0.2) is 0 Å². The van der Waals surface area contributed by atoms with Crippen molar-refractivity contribution in [3.8, 4) is 5.75 Å². The van der Waals surface area contributed by atoms with Gasteiger partial charge in [-0.3, -0.25) is 19.7 Å². The highest BCUT2D eigenvalue weighted by atomic mass is 35.5. The summed E-state index contributed by atoms with van der Waals surface area (Å²) in [6.45, 7) is 2.42. The SMILES string of the molecule is COc1ccc(Cl)cc1C(=O)N1CCN(c2ccc(NC(=O)/C=C/c3cccc([N+](=O)[O-])c3)cc2)CC1. The molecule has 0 unspecified atom stereocenters. The molecule has 1 saturated heterocycles. The van der Waals surface area contributed by atoms with Gasteiger partial charge in [0.2, 0.25) is 5.91 Å². The van der Waals surface area contributed by atoms with Gasteiger partial charge in [-0.2, -0.15) is 0 Å². The molecule has 0 aromatic heterocycles. The molecule has 3 aromatic carbocycles. The molecule has 1 fully saturated rings. The Balaban J connectivity index is 1.31. The van der Waals surface area contributed by atoms with Crippen molar-refractivity contribution in [3.63, 3.8) is 0 Å². The Hall–Kier alpha value is -4.37. The Morgan fingerprint density at radius 2 is 1.76 bits per heavy atom. The van der Waals surface area contributed by atoms with Crippen molar-refractivity contribution in [1.82, 2.24) is 4.90 Å². The Bertz CT molecular complexity index is 1330. The van der Waals surface area contributed by atoms with Crippen LogP contribution >= 0.6 is 11.6 Å². The number of hydrogen-bond acceptors (Lipinski definition) is 6. The summed E-state index contributed by atoms with van der Waals surface area (Å²) in [4.78, 5) is 39.6. The van der Waals surface area contributed by atoms with Crippen LogP contribution in [0.2, 0.25) is 5.02 Å². The van der Waals surface area contributed by atoms with E-state index in [2.05, 4.69) is 10.2 Å². The lowest BCUT2D eigenvalue weighted by atomic mass is 10.1. The molecule has 1 heterocycles. The maximum absolute atomic E-state index is 13.0. The smallest absolute Gasteiger partial charge is 0.270 e. The molecule has 0 atom stereocenters. The van der Waals surface area contributed by atoms with Crippen molar-refractivity contribution < 1.29 is 19.2 Å². The number of carbonyl (C=O) groups is 2. The number of carbonyl (C=O) groups excluding carboxylic acids is 2. The van der Waals surface area contributed by atoms with Crippen molar-refractivity contribution in [3.05, 3.63) is 99.1 Å². The fourth-order valence-electron chi connectivity index (χ4n) is 4.04. The van der Waals surface area contributed by atoms with Crippen LogP contribution in [0.5, 0.6) is 5.75 Å². The van der Waals surface area contributed by atoms with Crippen LogP contribution in [0.1, 0.15) is 15.9 Å². The van der Waals surface area contributed by atoms with Crippen molar-refractivity contribution in [2.45, 2.75) is 0 Å². The van der Waals surface area contributed by atoms with Gasteiger partial charge < -0.3 is 19.9 Å². The first-order valence-corrected chi connectivity index (χ1v) is 11.9. The topological polar surface area (TPSA) is 105 Å². The number of nitro groups is 1. The highest BCUT2D eigenvalue weighted by molar-refractivity contribution is 6.31. The third kappa shape index (κ3) is 6.45. The van der Waals surface area contributed by atoms with E-state index >= 15 is 0 Å². The predicted octanol–water partition coefficient (Wildman–Crippen LogP) is 4.87. The maximum Gasteiger partial charge on any atom is 0.270 e. The number of ether oxygens (including phenoxy) is 1. The minimum absolute atomic E-state index is 0.0347. The zero-order valence-corrected chi connectivity index (χ0v) is 20.9. The fraction of sp³-hybridized carbons (Fsp3) is 0.185. The van der Waals surface area contributed by atoms with E-state index in [1.54, 1.807) is 35.2 Å². The number of piperazine rings is 1. The molecule has 9 nitrogen and oxygen atoms in total. The molecule has 1 aliphatic rings. The lowest BCUT2D eigenvalue weighted by molar-refractivity contribution is -0.384. The minimum atomic E-state index is -0.479. The number of nitro benzene ring substituents is 1. The first kappa shape index (κ1) is 25.7. The molecule has 0 bridgehead atoms. The van der Waals surface area contributed by atoms with E-state index in [1.165, 1.54) is 31.4 Å². The second-order valence-electron chi connectivity index (χ2n) is 8.35. The Kier molecular flexibility index (Phi) is 8.05. The first-order chi connectivity index (χ1) is 17.8. The molecule has 190 valence electrons. The lowest BCUT2D eigenvalue weighted by Gasteiger charge is -2.36. The summed E-state index contributed by atoms with van der Waals surface area (Å²) in [7, 11) is 1.53. The van der Waals surface area contributed by atoms with Gasteiger partial charge in [-0.1, -0.05) is 23.7 Å². The summed E-state index contributed by atoms with van der Waals surface area (Å²) in [6, 6.07) is 18.5. The van der Waals surface area contributed by atoms with E-state index in [9.17, 15) is 19.7 Å². The number of anilines is 2. The Labute approximate surface area is 219 Å². The highest BCUT2D eigenvalue weighted by Crippen LogP contribution is 2.26. The van der Waals surface area contributed by atoms with E-state index in [0.717, 1.165) is 5.69 Å². The molecule has 1 aliphatic heterocycles. The zero-order chi connectivity index (χ0) is 26.4. The third-order valence-electron chi connectivity index (χ3n) is 5.97. The highest BCUT2D eigenvalue weighted by Gasteiger charge is 2.24. The largest absolute Gasteiger partial charge is 0.496 e. The van der Waals surface area contributed by atoms with Gasteiger partial charge in [-0.25, -0.2) is 0 Å². The second-order valence-corrected chi connectivity index (χ2v) is 8.78.